The van der Waals surface area contributed by atoms with E-state index in [0.29, 0.717) is 0 Å². The lowest BCUT2D eigenvalue weighted by molar-refractivity contribution is 0.786. The number of rotatable bonds is 5. The summed E-state index contributed by atoms with van der Waals surface area (Å²) in [5.74, 6) is 2.66. The number of hydrogen-bond acceptors (Lipinski definition) is 1. The summed E-state index contributed by atoms with van der Waals surface area (Å²) < 4.78 is 0. The molecule has 0 atom stereocenters. The summed E-state index contributed by atoms with van der Waals surface area (Å²) in [5.41, 5.74) is 3.34. The lowest BCUT2D eigenvalue weighted by atomic mass is 10.1. The molecule has 0 aliphatic carbocycles. The number of hydrogen-bond donors (Lipinski definition) is 0. The number of para-hydroxylation sites is 1. The molecule has 0 aromatic heterocycles. The summed E-state index contributed by atoms with van der Waals surface area (Å²) in [5, 5.41) is 0. The van der Waals surface area contributed by atoms with E-state index in [1.54, 1.807) is 0 Å². The Morgan fingerprint density at radius 2 is 1.58 bits per heavy atom. The zero-order valence-electron chi connectivity index (χ0n) is 11.3. The normalized spacial score (nSPS) is 9.89. The van der Waals surface area contributed by atoms with Gasteiger partial charge in [-0.15, -0.1) is 6.42 Å². The average molecular weight is 249 g/mol. The molecule has 0 N–H and O–H groups in total. The maximum atomic E-state index is 5.40. The molecular weight excluding hydrogens is 230 g/mol. The second-order valence-electron chi connectivity index (χ2n) is 4.53. The van der Waals surface area contributed by atoms with Gasteiger partial charge in [-0.05, 0) is 42.8 Å². The Labute approximate surface area is 115 Å². The highest BCUT2D eigenvalue weighted by Crippen LogP contribution is 2.25. The van der Waals surface area contributed by atoms with E-state index >= 15 is 0 Å². The van der Waals surface area contributed by atoms with Crippen LogP contribution in [0.5, 0.6) is 0 Å². The number of benzene rings is 2. The molecule has 0 heterocycles. The van der Waals surface area contributed by atoms with Crippen LogP contribution < -0.4 is 4.90 Å². The molecule has 2 aromatic carbocycles. The monoisotopic (exact) mass is 249 g/mol. The standard InChI is InChI=1S/C18H19N/c1-3-5-15-19(17-9-7-6-8-10-17)18-13-11-16(4-2)12-14-18/h2,6-14H,3,5,15H2,1H3. The highest BCUT2D eigenvalue weighted by atomic mass is 15.1. The largest absolute Gasteiger partial charge is 0.341 e. The highest BCUT2D eigenvalue weighted by Gasteiger charge is 2.07. The minimum atomic E-state index is 0.923. The molecule has 0 amide bonds. The van der Waals surface area contributed by atoms with Crippen LogP contribution in [0.25, 0.3) is 0 Å². The van der Waals surface area contributed by atoms with Crippen molar-refractivity contribution in [2.45, 2.75) is 19.8 Å². The van der Waals surface area contributed by atoms with Gasteiger partial charge in [0.25, 0.3) is 0 Å². The summed E-state index contributed by atoms with van der Waals surface area (Å²) in [6.07, 6.45) is 7.76. The number of unbranched alkanes of at least 4 members (excludes halogenated alkanes) is 1. The SMILES string of the molecule is C#Cc1ccc(N(CCCC)c2ccccc2)cc1. The third-order valence-electron chi connectivity index (χ3n) is 3.15. The fourth-order valence-electron chi connectivity index (χ4n) is 2.07. The molecule has 0 fully saturated rings. The van der Waals surface area contributed by atoms with Crippen LogP contribution in [0.15, 0.2) is 54.6 Å². The summed E-state index contributed by atoms with van der Waals surface area (Å²) in [6, 6.07) is 18.7. The molecular formula is C18H19N. The second kappa shape index (κ2) is 6.66. The van der Waals surface area contributed by atoms with Gasteiger partial charge in [-0.2, -0.15) is 0 Å². The van der Waals surface area contributed by atoms with Gasteiger partial charge < -0.3 is 4.90 Å². The lowest BCUT2D eigenvalue weighted by Crippen LogP contribution is -2.18. The molecule has 1 nitrogen and oxygen atoms in total. The van der Waals surface area contributed by atoms with Crippen molar-refractivity contribution in [2.24, 2.45) is 0 Å². The van der Waals surface area contributed by atoms with Gasteiger partial charge in [0.15, 0.2) is 0 Å². The van der Waals surface area contributed by atoms with Crippen molar-refractivity contribution in [3.8, 4) is 12.3 Å². The van der Waals surface area contributed by atoms with Crippen LogP contribution in [0, 0.1) is 12.3 Å². The highest BCUT2D eigenvalue weighted by molar-refractivity contribution is 5.63. The van der Waals surface area contributed by atoms with Crippen molar-refractivity contribution in [2.75, 3.05) is 11.4 Å². The van der Waals surface area contributed by atoms with Crippen LogP contribution in [-0.4, -0.2) is 6.54 Å². The Balaban J connectivity index is 2.29. The first-order valence-corrected chi connectivity index (χ1v) is 6.74. The first-order chi connectivity index (χ1) is 9.35. The van der Waals surface area contributed by atoms with Gasteiger partial charge in [-0.1, -0.05) is 37.5 Å². The molecule has 0 saturated carbocycles. The first kappa shape index (κ1) is 13.2. The van der Waals surface area contributed by atoms with Crippen LogP contribution >= 0.6 is 0 Å². The van der Waals surface area contributed by atoms with Crippen molar-refractivity contribution in [3.63, 3.8) is 0 Å². The molecule has 0 unspecified atom stereocenters. The van der Waals surface area contributed by atoms with Crippen LogP contribution in [0.4, 0.5) is 11.4 Å². The Kier molecular flexibility index (Phi) is 4.64. The number of anilines is 2. The van der Waals surface area contributed by atoms with Crippen LogP contribution in [0.2, 0.25) is 0 Å². The Hall–Kier alpha value is -2.20. The summed E-state index contributed by atoms with van der Waals surface area (Å²) in [6.45, 7) is 3.24. The molecule has 0 bridgehead atoms. The smallest absolute Gasteiger partial charge is 0.0411 e. The molecule has 96 valence electrons. The first-order valence-electron chi connectivity index (χ1n) is 6.74. The zero-order valence-corrected chi connectivity index (χ0v) is 11.3. The Bertz CT molecular complexity index is 534. The Morgan fingerprint density at radius 1 is 0.947 bits per heavy atom. The lowest BCUT2D eigenvalue weighted by Gasteiger charge is -2.25. The maximum Gasteiger partial charge on any atom is 0.0411 e. The molecule has 2 rings (SSSR count). The Morgan fingerprint density at radius 3 is 2.16 bits per heavy atom. The van der Waals surface area contributed by atoms with E-state index in [-0.39, 0.29) is 0 Å². The van der Waals surface area contributed by atoms with E-state index in [9.17, 15) is 0 Å². The van der Waals surface area contributed by atoms with E-state index in [1.165, 1.54) is 24.2 Å². The number of nitrogens with zero attached hydrogens (tertiary/aromatic N) is 1. The predicted octanol–water partition coefficient (Wildman–Crippen LogP) is 4.61. The van der Waals surface area contributed by atoms with E-state index in [2.05, 4.69) is 54.1 Å². The topological polar surface area (TPSA) is 3.24 Å². The fourth-order valence-corrected chi connectivity index (χ4v) is 2.07. The van der Waals surface area contributed by atoms with Gasteiger partial charge in [0.2, 0.25) is 0 Å². The maximum absolute atomic E-state index is 5.40. The molecule has 1 heteroatoms. The second-order valence-corrected chi connectivity index (χ2v) is 4.53. The minimum absolute atomic E-state index is 0.923. The van der Waals surface area contributed by atoms with Crippen LogP contribution in [0.1, 0.15) is 25.3 Å². The molecule has 0 aliphatic rings. The van der Waals surface area contributed by atoms with Gasteiger partial charge in [-0.25, -0.2) is 0 Å². The van der Waals surface area contributed by atoms with Gasteiger partial charge >= 0.3 is 0 Å². The fraction of sp³-hybridized carbons (Fsp3) is 0.222. The minimum Gasteiger partial charge on any atom is -0.341 e. The number of terminal acetylenes is 1. The summed E-state index contributed by atoms with van der Waals surface area (Å²) in [4.78, 5) is 2.34. The van der Waals surface area contributed by atoms with E-state index in [0.717, 1.165) is 12.1 Å². The van der Waals surface area contributed by atoms with Crippen molar-refractivity contribution in [3.05, 3.63) is 60.2 Å². The summed E-state index contributed by atoms with van der Waals surface area (Å²) in [7, 11) is 0. The van der Waals surface area contributed by atoms with E-state index < -0.39 is 0 Å². The average Bonchev–Trinajstić information content (AvgIpc) is 2.49. The van der Waals surface area contributed by atoms with Gasteiger partial charge in [0, 0.05) is 23.5 Å². The summed E-state index contributed by atoms with van der Waals surface area (Å²) >= 11 is 0. The third-order valence-corrected chi connectivity index (χ3v) is 3.15. The van der Waals surface area contributed by atoms with Crippen molar-refractivity contribution in [1.29, 1.82) is 0 Å². The van der Waals surface area contributed by atoms with Gasteiger partial charge in [0.05, 0.1) is 0 Å². The molecule has 0 radical (unpaired) electrons. The molecule has 19 heavy (non-hydrogen) atoms. The van der Waals surface area contributed by atoms with Crippen LogP contribution in [-0.2, 0) is 0 Å². The van der Waals surface area contributed by atoms with Crippen molar-refractivity contribution in [1.82, 2.24) is 0 Å². The molecule has 0 saturated heterocycles. The van der Waals surface area contributed by atoms with E-state index in [4.69, 9.17) is 6.42 Å². The van der Waals surface area contributed by atoms with Crippen molar-refractivity contribution < 1.29 is 0 Å². The molecule has 0 spiro atoms. The van der Waals surface area contributed by atoms with Crippen molar-refractivity contribution >= 4 is 11.4 Å². The van der Waals surface area contributed by atoms with Gasteiger partial charge in [0.1, 0.15) is 0 Å². The zero-order chi connectivity index (χ0) is 13.5. The van der Waals surface area contributed by atoms with Crippen LogP contribution in [0.3, 0.4) is 0 Å². The quantitative estimate of drug-likeness (QED) is 0.700. The molecule has 2 aromatic rings. The van der Waals surface area contributed by atoms with Gasteiger partial charge in [-0.3, -0.25) is 0 Å². The third kappa shape index (κ3) is 3.39. The molecule has 0 aliphatic heterocycles. The van der Waals surface area contributed by atoms with E-state index in [1.807, 2.05) is 18.2 Å². The predicted molar refractivity (Wildman–Crippen MR) is 82.7 cm³/mol.